The molecular weight excluding hydrogens is 463 g/mol. The number of halogens is 3. The van der Waals surface area contributed by atoms with Crippen LogP contribution in [0.4, 0.5) is 18.9 Å². The molecule has 1 unspecified atom stereocenters. The van der Waals surface area contributed by atoms with Crippen molar-refractivity contribution in [3.8, 4) is 5.69 Å². The maximum atomic E-state index is 13.8. The highest BCUT2D eigenvalue weighted by Gasteiger charge is 2.42. The summed E-state index contributed by atoms with van der Waals surface area (Å²) < 4.78 is 42.7. The molecule has 1 saturated carbocycles. The van der Waals surface area contributed by atoms with Gasteiger partial charge in [-0.2, -0.15) is 18.3 Å². The van der Waals surface area contributed by atoms with Gasteiger partial charge in [0.25, 0.3) is 5.91 Å². The molecule has 2 aliphatic rings. The first-order valence-corrected chi connectivity index (χ1v) is 11.7. The first kappa shape index (κ1) is 25.0. The number of aliphatic carboxylic acids is 1. The lowest BCUT2D eigenvalue weighted by molar-refractivity contribution is -0.142. The lowest BCUT2D eigenvalue weighted by Gasteiger charge is -2.30. The lowest BCUT2D eigenvalue weighted by atomic mass is 9.76. The van der Waals surface area contributed by atoms with Crippen LogP contribution in [0, 0.1) is 11.3 Å². The van der Waals surface area contributed by atoms with Crippen LogP contribution in [0.1, 0.15) is 66.8 Å². The van der Waals surface area contributed by atoms with Crippen molar-refractivity contribution in [2.24, 2.45) is 22.8 Å². The van der Waals surface area contributed by atoms with Crippen LogP contribution in [0.15, 0.2) is 18.2 Å². The number of hydrogen-bond donors (Lipinski definition) is 4. The van der Waals surface area contributed by atoms with Gasteiger partial charge >= 0.3 is 12.1 Å². The normalized spacial score (nSPS) is 22.5. The second-order valence-corrected chi connectivity index (χ2v) is 10.3. The predicted molar refractivity (Wildman–Crippen MR) is 123 cm³/mol. The molecule has 2 aliphatic carbocycles. The molecule has 0 aliphatic heterocycles. The number of primary amides is 1. The van der Waals surface area contributed by atoms with Gasteiger partial charge in [-0.15, -0.1) is 0 Å². The second kappa shape index (κ2) is 8.85. The summed E-state index contributed by atoms with van der Waals surface area (Å²) in [5, 5.41) is 16.5. The Balaban J connectivity index is 1.78. The Morgan fingerprint density at radius 3 is 2.63 bits per heavy atom. The smallest absolute Gasteiger partial charge is 0.435 e. The van der Waals surface area contributed by atoms with E-state index in [4.69, 9.17) is 11.5 Å². The van der Waals surface area contributed by atoms with Crippen LogP contribution in [-0.2, 0) is 23.8 Å². The Morgan fingerprint density at radius 2 is 2.00 bits per heavy atom. The standard InChI is InChI=1S/C24H30F3N5O3/c1-23(2)9-8-15-18(11-23)32(31-20(15)24(25,26)27)12-6-7-14(21(29)33)17(10-12)30-16-5-3-4-13(16)19(28)22(34)35/h6-7,10,13,16,19,30H,3-5,8-9,11,28H2,1-2H3,(H2,29,33)(H,34,35)/t13-,16?,19+/m1/s1. The molecule has 11 heteroatoms. The van der Waals surface area contributed by atoms with Gasteiger partial charge in [-0.3, -0.25) is 9.59 Å². The minimum absolute atomic E-state index is 0.153. The number of fused-ring (bicyclic) bond motifs is 1. The van der Waals surface area contributed by atoms with Crippen molar-refractivity contribution in [2.75, 3.05) is 5.32 Å². The van der Waals surface area contributed by atoms with Crippen LogP contribution in [-0.4, -0.2) is 38.8 Å². The number of rotatable bonds is 6. The summed E-state index contributed by atoms with van der Waals surface area (Å²) >= 11 is 0. The highest BCUT2D eigenvalue weighted by molar-refractivity contribution is 5.99. The third-order valence-corrected chi connectivity index (χ3v) is 7.23. The molecule has 4 rings (SSSR count). The largest absolute Gasteiger partial charge is 0.480 e. The average Bonchev–Trinajstić information content (AvgIpc) is 3.36. The van der Waals surface area contributed by atoms with E-state index in [0.29, 0.717) is 42.8 Å². The van der Waals surface area contributed by atoms with Crippen LogP contribution in [0.3, 0.4) is 0 Å². The Hall–Kier alpha value is -3.08. The number of amides is 1. The quantitative estimate of drug-likeness (QED) is 0.486. The zero-order valence-electron chi connectivity index (χ0n) is 19.7. The minimum atomic E-state index is -4.59. The first-order valence-electron chi connectivity index (χ1n) is 11.7. The van der Waals surface area contributed by atoms with Crippen molar-refractivity contribution in [2.45, 2.75) is 70.6 Å². The number of hydrogen-bond acceptors (Lipinski definition) is 5. The van der Waals surface area contributed by atoms with Gasteiger partial charge in [0.05, 0.1) is 11.3 Å². The molecular formula is C24H30F3N5O3. The van der Waals surface area contributed by atoms with E-state index in [1.54, 1.807) is 6.07 Å². The van der Waals surface area contributed by atoms with Crippen LogP contribution < -0.4 is 16.8 Å². The predicted octanol–water partition coefficient (Wildman–Crippen LogP) is 3.50. The Bertz CT molecular complexity index is 1160. The molecule has 8 nitrogen and oxygen atoms in total. The van der Waals surface area contributed by atoms with Gasteiger partial charge in [-0.05, 0) is 55.7 Å². The van der Waals surface area contributed by atoms with Crippen molar-refractivity contribution >= 4 is 17.6 Å². The fourth-order valence-corrected chi connectivity index (χ4v) is 5.35. The highest BCUT2D eigenvalue weighted by Crippen LogP contribution is 2.42. The van der Waals surface area contributed by atoms with E-state index in [0.717, 1.165) is 6.42 Å². The van der Waals surface area contributed by atoms with Crippen LogP contribution in [0.25, 0.3) is 5.69 Å². The molecule has 35 heavy (non-hydrogen) atoms. The van der Waals surface area contributed by atoms with Crippen molar-refractivity contribution in [1.82, 2.24) is 9.78 Å². The molecule has 0 radical (unpaired) electrons. The second-order valence-electron chi connectivity index (χ2n) is 10.3. The molecule has 190 valence electrons. The summed E-state index contributed by atoms with van der Waals surface area (Å²) in [6.45, 7) is 4.02. The molecule has 1 fully saturated rings. The zero-order valence-corrected chi connectivity index (χ0v) is 19.7. The van der Waals surface area contributed by atoms with Crippen LogP contribution >= 0.6 is 0 Å². The molecule has 1 heterocycles. The number of nitrogens with zero attached hydrogens (tertiary/aromatic N) is 2. The van der Waals surface area contributed by atoms with Gasteiger partial charge in [0.1, 0.15) is 6.04 Å². The highest BCUT2D eigenvalue weighted by atomic mass is 19.4. The first-order chi connectivity index (χ1) is 16.3. The number of carbonyl (C=O) groups is 2. The molecule has 1 amide bonds. The molecule has 0 bridgehead atoms. The molecule has 3 atom stereocenters. The molecule has 1 aromatic carbocycles. The van der Waals surface area contributed by atoms with E-state index in [1.165, 1.54) is 16.8 Å². The molecule has 0 saturated heterocycles. The molecule has 0 spiro atoms. The molecule has 2 aromatic rings. The van der Waals surface area contributed by atoms with E-state index >= 15 is 0 Å². The summed E-state index contributed by atoms with van der Waals surface area (Å²) in [5.41, 5.74) is 11.9. The maximum absolute atomic E-state index is 13.8. The summed E-state index contributed by atoms with van der Waals surface area (Å²) in [6.07, 6.45) is -1.27. The van der Waals surface area contributed by atoms with E-state index in [1.807, 2.05) is 13.8 Å². The third-order valence-electron chi connectivity index (χ3n) is 7.23. The van der Waals surface area contributed by atoms with E-state index in [9.17, 15) is 27.9 Å². The molecule has 6 N–H and O–H groups in total. The Kier molecular flexibility index (Phi) is 6.33. The summed E-state index contributed by atoms with van der Waals surface area (Å²) in [4.78, 5) is 23.6. The number of nitrogens with one attached hydrogen (secondary N) is 1. The number of benzene rings is 1. The van der Waals surface area contributed by atoms with Crippen molar-refractivity contribution in [3.63, 3.8) is 0 Å². The number of carbonyl (C=O) groups excluding carboxylic acids is 1. The van der Waals surface area contributed by atoms with Gasteiger partial charge in [-0.25, -0.2) is 4.68 Å². The third kappa shape index (κ3) is 4.86. The fourth-order valence-electron chi connectivity index (χ4n) is 5.35. The van der Waals surface area contributed by atoms with E-state index in [-0.39, 0.29) is 34.9 Å². The monoisotopic (exact) mass is 493 g/mol. The Morgan fingerprint density at radius 1 is 1.29 bits per heavy atom. The summed E-state index contributed by atoms with van der Waals surface area (Å²) in [6, 6.07) is 3.12. The van der Waals surface area contributed by atoms with Crippen molar-refractivity contribution in [1.29, 1.82) is 0 Å². The Labute approximate surface area is 200 Å². The SMILES string of the molecule is CC1(C)CCc2c(C(F)(F)F)nn(-c3ccc(C(N)=O)c(NC4CCC[C@H]4[C@H](N)C(=O)O)c3)c2C1. The molecule has 1 aromatic heterocycles. The fraction of sp³-hybridized carbons (Fsp3) is 0.542. The van der Waals surface area contributed by atoms with Gasteiger partial charge < -0.3 is 21.9 Å². The average molecular weight is 494 g/mol. The number of nitrogens with two attached hydrogens (primary N) is 2. The number of carboxylic acids is 1. The van der Waals surface area contributed by atoms with Gasteiger partial charge in [-0.1, -0.05) is 20.3 Å². The summed E-state index contributed by atoms with van der Waals surface area (Å²) in [7, 11) is 0. The lowest BCUT2D eigenvalue weighted by Crippen LogP contribution is -2.44. The number of carboxylic acid groups (broad SMARTS) is 1. The minimum Gasteiger partial charge on any atom is -0.480 e. The van der Waals surface area contributed by atoms with E-state index < -0.39 is 29.8 Å². The topological polar surface area (TPSA) is 136 Å². The number of aromatic nitrogens is 2. The summed E-state index contributed by atoms with van der Waals surface area (Å²) in [5.74, 6) is -2.19. The van der Waals surface area contributed by atoms with Crippen LogP contribution in [0.5, 0.6) is 0 Å². The van der Waals surface area contributed by atoms with Gasteiger partial charge in [0, 0.05) is 28.9 Å². The maximum Gasteiger partial charge on any atom is 0.435 e. The van der Waals surface area contributed by atoms with Gasteiger partial charge in [0.15, 0.2) is 5.69 Å². The zero-order chi connectivity index (χ0) is 25.7. The number of alkyl halides is 3. The number of anilines is 1. The van der Waals surface area contributed by atoms with Crippen molar-refractivity contribution < 1.29 is 27.9 Å². The van der Waals surface area contributed by atoms with Crippen LogP contribution in [0.2, 0.25) is 0 Å². The van der Waals surface area contributed by atoms with Gasteiger partial charge in [0.2, 0.25) is 0 Å². The van der Waals surface area contributed by atoms with E-state index in [2.05, 4.69) is 10.4 Å². The van der Waals surface area contributed by atoms with Crippen molar-refractivity contribution in [3.05, 3.63) is 40.7 Å².